The summed E-state index contributed by atoms with van der Waals surface area (Å²) in [6.45, 7) is 6.10. The van der Waals surface area contributed by atoms with Gasteiger partial charge in [-0.05, 0) is 50.4 Å². The number of hydrogen-bond acceptors (Lipinski definition) is 3. The van der Waals surface area contributed by atoms with E-state index in [0.29, 0.717) is 6.42 Å². The molecule has 5 atom stereocenters. The summed E-state index contributed by atoms with van der Waals surface area (Å²) in [4.78, 5) is 0. The quantitative estimate of drug-likeness (QED) is 0.709. The first-order valence-electron chi connectivity index (χ1n) is 7.29. The van der Waals surface area contributed by atoms with Crippen LogP contribution in [0.5, 0.6) is 0 Å². The van der Waals surface area contributed by atoms with Gasteiger partial charge in [0.05, 0.1) is 11.2 Å². The predicted molar refractivity (Wildman–Crippen MR) is 71.1 cm³/mol. The van der Waals surface area contributed by atoms with E-state index < -0.39 is 11.2 Å². The molecule has 3 nitrogen and oxygen atoms in total. The van der Waals surface area contributed by atoms with Crippen LogP contribution in [0.2, 0.25) is 0 Å². The second kappa shape index (κ2) is 4.46. The molecule has 0 spiro atoms. The van der Waals surface area contributed by atoms with Gasteiger partial charge in [0.1, 0.15) is 0 Å². The predicted octanol–water partition coefficient (Wildman–Crippen LogP) is 2.09. The van der Waals surface area contributed by atoms with Gasteiger partial charge >= 0.3 is 0 Å². The van der Waals surface area contributed by atoms with E-state index in [1.54, 1.807) is 0 Å². The largest absolute Gasteiger partial charge is 0.396 e. The molecule has 2 rings (SSSR count). The SMILES string of the molecule is C[C@H](CO)[C@]1(O)CC[C@]2(C)CCC[C@](C)(O)[C@H]2C1. The minimum absolute atomic E-state index is 0.0159. The van der Waals surface area contributed by atoms with Crippen molar-refractivity contribution in [3.63, 3.8) is 0 Å². The lowest BCUT2D eigenvalue weighted by molar-refractivity contribution is -0.178. The molecule has 0 aromatic heterocycles. The molecule has 0 radical (unpaired) electrons. The van der Waals surface area contributed by atoms with Crippen molar-refractivity contribution >= 4 is 0 Å². The third kappa shape index (κ3) is 2.21. The van der Waals surface area contributed by atoms with Crippen molar-refractivity contribution in [2.45, 2.75) is 70.5 Å². The Balaban J connectivity index is 2.24. The number of fused-ring (bicyclic) bond motifs is 1. The van der Waals surface area contributed by atoms with Gasteiger partial charge in [0, 0.05) is 12.5 Å². The highest BCUT2D eigenvalue weighted by molar-refractivity contribution is 5.06. The zero-order valence-corrected chi connectivity index (χ0v) is 11.9. The molecule has 0 heterocycles. The molecule has 2 saturated carbocycles. The van der Waals surface area contributed by atoms with Crippen molar-refractivity contribution in [3.8, 4) is 0 Å². The molecule has 18 heavy (non-hydrogen) atoms. The van der Waals surface area contributed by atoms with Crippen molar-refractivity contribution in [2.24, 2.45) is 17.3 Å². The minimum atomic E-state index is -0.805. The maximum absolute atomic E-state index is 10.8. The zero-order valence-electron chi connectivity index (χ0n) is 11.9. The lowest BCUT2D eigenvalue weighted by Gasteiger charge is -2.57. The van der Waals surface area contributed by atoms with Crippen LogP contribution in [0.1, 0.15) is 59.3 Å². The van der Waals surface area contributed by atoms with Crippen LogP contribution < -0.4 is 0 Å². The van der Waals surface area contributed by atoms with Crippen LogP contribution >= 0.6 is 0 Å². The third-order valence-electron chi connectivity index (χ3n) is 5.90. The Morgan fingerprint density at radius 2 is 1.78 bits per heavy atom. The molecule has 0 aromatic rings. The summed E-state index contributed by atoms with van der Waals surface area (Å²) >= 11 is 0. The fourth-order valence-electron chi connectivity index (χ4n) is 4.29. The second-order valence-corrected chi connectivity index (χ2v) is 7.31. The first-order valence-corrected chi connectivity index (χ1v) is 7.29. The van der Waals surface area contributed by atoms with E-state index in [9.17, 15) is 15.3 Å². The van der Waals surface area contributed by atoms with Crippen LogP contribution in [-0.2, 0) is 0 Å². The first-order chi connectivity index (χ1) is 8.23. The van der Waals surface area contributed by atoms with Crippen LogP contribution in [-0.4, -0.2) is 33.1 Å². The third-order valence-corrected chi connectivity index (χ3v) is 5.90. The Hall–Kier alpha value is -0.120. The van der Waals surface area contributed by atoms with Crippen molar-refractivity contribution < 1.29 is 15.3 Å². The minimum Gasteiger partial charge on any atom is -0.396 e. The van der Waals surface area contributed by atoms with E-state index in [-0.39, 0.29) is 23.9 Å². The summed E-state index contributed by atoms with van der Waals surface area (Å²) in [6, 6.07) is 0. The normalized spacial score (nSPS) is 50.7. The molecule has 3 N–H and O–H groups in total. The zero-order chi connectivity index (χ0) is 13.6. The summed E-state index contributed by atoms with van der Waals surface area (Å²) in [5.41, 5.74) is -1.32. The topological polar surface area (TPSA) is 60.7 Å². The van der Waals surface area contributed by atoms with Gasteiger partial charge in [-0.2, -0.15) is 0 Å². The highest BCUT2D eigenvalue weighted by Crippen LogP contribution is 2.57. The average molecular weight is 256 g/mol. The summed E-state index contributed by atoms with van der Waals surface area (Å²) in [5, 5.41) is 30.7. The summed E-state index contributed by atoms with van der Waals surface area (Å²) in [6.07, 6.45) is 5.38. The maximum Gasteiger partial charge on any atom is 0.0699 e. The number of aliphatic hydroxyl groups is 3. The van der Waals surface area contributed by atoms with Crippen LogP contribution in [0, 0.1) is 17.3 Å². The van der Waals surface area contributed by atoms with Crippen molar-refractivity contribution in [1.82, 2.24) is 0 Å². The second-order valence-electron chi connectivity index (χ2n) is 7.31. The number of hydrogen-bond donors (Lipinski definition) is 3. The van der Waals surface area contributed by atoms with Gasteiger partial charge in [-0.1, -0.05) is 20.3 Å². The lowest BCUT2D eigenvalue weighted by Crippen LogP contribution is -2.57. The van der Waals surface area contributed by atoms with Gasteiger partial charge in [-0.25, -0.2) is 0 Å². The van der Waals surface area contributed by atoms with E-state index in [1.807, 2.05) is 13.8 Å². The molecule has 0 aliphatic heterocycles. The van der Waals surface area contributed by atoms with E-state index in [2.05, 4.69) is 6.92 Å². The number of rotatable bonds is 2. The summed E-state index contributed by atoms with van der Waals surface area (Å²) < 4.78 is 0. The van der Waals surface area contributed by atoms with E-state index in [0.717, 1.165) is 32.1 Å². The molecule has 2 aliphatic carbocycles. The number of aliphatic hydroxyl groups excluding tert-OH is 1. The molecular weight excluding hydrogens is 228 g/mol. The van der Waals surface area contributed by atoms with E-state index in [4.69, 9.17) is 0 Å². The Kier molecular flexibility index (Phi) is 3.54. The van der Waals surface area contributed by atoms with Crippen molar-refractivity contribution in [2.75, 3.05) is 6.61 Å². The van der Waals surface area contributed by atoms with E-state index >= 15 is 0 Å². The van der Waals surface area contributed by atoms with Gasteiger partial charge in [-0.3, -0.25) is 0 Å². The molecule has 106 valence electrons. The van der Waals surface area contributed by atoms with E-state index in [1.165, 1.54) is 0 Å². The maximum atomic E-state index is 10.8. The fourth-order valence-corrected chi connectivity index (χ4v) is 4.29. The standard InChI is InChI=1S/C15H28O3/c1-11(10-16)15(18)8-7-13(2)5-4-6-14(3,17)12(13)9-15/h11-12,16-18H,4-10H2,1-3H3/t11-,12+,13+,14+,15+/m1/s1. The molecule has 2 fully saturated rings. The Morgan fingerprint density at radius 3 is 2.39 bits per heavy atom. The van der Waals surface area contributed by atoms with Crippen LogP contribution in [0.4, 0.5) is 0 Å². The fraction of sp³-hybridized carbons (Fsp3) is 1.00. The van der Waals surface area contributed by atoms with Crippen LogP contribution in [0.3, 0.4) is 0 Å². The van der Waals surface area contributed by atoms with Crippen molar-refractivity contribution in [3.05, 3.63) is 0 Å². The first kappa shape index (κ1) is 14.3. The molecule has 0 aromatic carbocycles. The molecule has 3 heteroatoms. The van der Waals surface area contributed by atoms with Gasteiger partial charge in [0.25, 0.3) is 0 Å². The molecule has 0 amide bonds. The lowest BCUT2D eigenvalue weighted by atomic mass is 9.51. The molecule has 0 bridgehead atoms. The summed E-state index contributed by atoms with van der Waals surface area (Å²) in [5.74, 6) is 0.0336. The smallest absolute Gasteiger partial charge is 0.0699 e. The van der Waals surface area contributed by atoms with Gasteiger partial charge in [0.2, 0.25) is 0 Å². The highest BCUT2D eigenvalue weighted by atomic mass is 16.3. The Morgan fingerprint density at radius 1 is 1.11 bits per heavy atom. The average Bonchev–Trinajstić information content (AvgIpc) is 2.30. The molecule has 0 unspecified atom stereocenters. The molecule has 0 saturated heterocycles. The summed E-state index contributed by atoms with van der Waals surface area (Å²) in [7, 11) is 0. The monoisotopic (exact) mass is 256 g/mol. The van der Waals surface area contributed by atoms with Crippen LogP contribution in [0.25, 0.3) is 0 Å². The van der Waals surface area contributed by atoms with Gasteiger partial charge < -0.3 is 15.3 Å². The van der Waals surface area contributed by atoms with Gasteiger partial charge in [0.15, 0.2) is 0 Å². The van der Waals surface area contributed by atoms with Gasteiger partial charge in [-0.15, -0.1) is 0 Å². The van der Waals surface area contributed by atoms with Crippen molar-refractivity contribution in [1.29, 1.82) is 0 Å². The van der Waals surface area contributed by atoms with Crippen LogP contribution in [0.15, 0.2) is 0 Å². The molecular formula is C15H28O3. The Bertz CT molecular complexity index is 315. The Labute approximate surface area is 110 Å². The highest BCUT2D eigenvalue weighted by Gasteiger charge is 2.55. The molecule has 2 aliphatic rings.